The molecular weight excluding hydrogens is 282 g/mol. The van der Waals surface area contributed by atoms with Crippen molar-refractivity contribution in [1.29, 1.82) is 5.26 Å². The van der Waals surface area contributed by atoms with Gasteiger partial charge in [-0.25, -0.2) is 0 Å². The molecule has 130 valence electrons. The molecule has 0 spiro atoms. The lowest BCUT2D eigenvalue weighted by molar-refractivity contribution is -0.00663. The van der Waals surface area contributed by atoms with E-state index in [9.17, 15) is 0 Å². The van der Waals surface area contributed by atoms with Crippen LogP contribution in [-0.4, -0.2) is 12.7 Å². The number of hydrogen-bond acceptors (Lipinski definition) is 2. The summed E-state index contributed by atoms with van der Waals surface area (Å²) < 4.78 is 6.22. The number of ether oxygens (including phenoxy) is 1. The molecule has 2 fully saturated rings. The topological polar surface area (TPSA) is 33.0 Å². The maximum atomic E-state index is 8.59. The molecule has 2 aliphatic carbocycles. The summed E-state index contributed by atoms with van der Waals surface area (Å²) in [5, 5.41) is 8.59. The molecule has 0 heterocycles. The highest BCUT2D eigenvalue weighted by Crippen LogP contribution is 2.33. The summed E-state index contributed by atoms with van der Waals surface area (Å²) >= 11 is 0. The van der Waals surface area contributed by atoms with Crippen molar-refractivity contribution in [2.24, 2.45) is 17.8 Å². The van der Waals surface area contributed by atoms with Gasteiger partial charge in [0.15, 0.2) is 0 Å². The second-order valence-electron chi connectivity index (χ2n) is 7.74. The van der Waals surface area contributed by atoms with Crippen molar-refractivity contribution >= 4 is 0 Å². The zero-order valence-corrected chi connectivity index (χ0v) is 15.0. The van der Waals surface area contributed by atoms with Gasteiger partial charge in [0.1, 0.15) is 0 Å². The molecule has 0 aromatic carbocycles. The Kier molecular flexibility index (Phi) is 8.76. The van der Waals surface area contributed by atoms with E-state index in [0.717, 1.165) is 18.4 Å². The average Bonchev–Trinajstić information content (AvgIpc) is 2.60. The van der Waals surface area contributed by atoms with Crippen molar-refractivity contribution in [3.05, 3.63) is 12.2 Å². The standard InChI is InChI=1S/C21H35NO/c1-2-3-4-6-18-8-10-20(11-9-18)17-23-21-14-12-19(13-15-21)7-5-16-22/h5,7,18-21H,2-4,6,8-15,17H2,1H3/b7-5+/t18-,19-,20-,21-. The molecule has 23 heavy (non-hydrogen) atoms. The number of hydrogen-bond donors (Lipinski definition) is 0. The highest BCUT2D eigenvalue weighted by Gasteiger charge is 2.24. The molecule has 0 atom stereocenters. The van der Waals surface area contributed by atoms with Crippen molar-refractivity contribution in [3.63, 3.8) is 0 Å². The lowest BCUT2D eigenvalue weighted by atomic mass is 9.80. The molecular formula is C21H35NO. The minimum atomic E-state index is 0.476. The van der Waals surface area contributed by atoms with E-state index < -0.39 is 0 Å². The van der Waals surface area contributed by atoms with Crippen LogP contribution >= 0.6 is 0 Å². The molecule has 0 aliphatic heterocycles. The third-order valence-corrected chi connectivity index (χ3v) is 5.91. The van der Waals surface area contributed by atoms with Gasteiger partial charge >= 0.3 is 0 Å². The van der Waals surface area contributed by atoms with Gasteiger partial charge in [-0.3, -0.25) is 0 Å². The highest BCUT2D eigenvalue weighted by atomic mass is 16.5. The van der Waals surface area contributed by atoms with Crippen LogP contribution < -0.4 is 0 Å². The van der Waals surface area contributed by atoms with Gasteiger partial charge in [-0.1, -0.05) is 51.5 Å². The molecule has 2 nitrogen and oxygen atoms in total. The molecule has 0 N–H and O–H groups in total. The Hall–Kier alpha value is -0.810. The van der Waals surface area contributed by atoms with E-state index in [4.69, 9.17) is 10.00 Å². The molecule has 0 aromatic heterocycles. The summed E-state index contributed by atoms with van der Waals surface area (Å²) in [7, 11) is 0. The molecule has 0 unspecified atom stereocenters. The Morgan fingerprint density at radius 2 is 1.65 bits per heavy atom. The summed E-state index contributed by atoms with van der Waals surface area (Å²) in [5.41, 5.74) is 0. The first-order chi connectivity index (χ1) is 11.3. The zero-order chi connectivity index (χ0) is 16.3. The van der Waals surface area contributed by atoms with Crippen LogP contribution in [-0.2, 0) is 4.74 Å². The van der Waals surface area contributed by atoms with Gasteiger partial charge in [0.2, 0.25) is 0 Å². The summed E-state index contributed by atoms with van der Waals surface area (Å²) in [5.74, 6) is 2.42. The fourth-order valence-electron chi connectivity index (χ4n) is 4.27. The van der Waals surface area contributed by atoms with Crippen LogP contribution in [0, 0.1) is 29.1 Å². The largest absolute Gasteiger partial charge is 0.378 e. The molecule has 0 amide bonds. The van der Waals surface area contributed by atoms with Crippen LogP contribution in [0.5, 0.6) is 0 Å². The van der Waals surface area contributed by atoms with E-state index in [1.54, 1.807) is 6.08 Å². The molecule has 0 radical (unpaired) electrons. The molecule has 0 aromatic rings. The van der Waals surface area contributed by atoms with Gasteiger partial charge in [0.25, 0.3) is 0 Å². The van der Waals surface area contributed by atoms with Crippen molar-refractivity contribution in [3.8, 4) is 6.07 Å². The third-order valence-electron chi connectivity index (χ3n) is 5.91. The average molecular weight is 318 g/mol. The minimum Gasteiger partial charge on any atom is -0.378 e. The van der Waals surface area contributed by atoms with Crippen molar-refractivity contribution in [2.75, 3.05) is 6.61 Å². The summed E-state index contributed by atoms with van der Waals surface area (Å²) in [4.78, 5) is 0. The Labute approximate surface area is 143 Å². The second kappa shape index (κ2) is 10.9. The van der Waals surface area contributed by atoms with Crippen molar-refractivity contribution in [2.45, 2.75) is 90.1 Å². The van der Waals surface area contributed by atoms with E-state index in [1.807, 2.05) is 0 Å². The summed E-state index contributed by atoms with van der Waals surface area (Å²) in [6.07, 6.45) is 20.2. The first-order valence-electron chi connectivity index (χ1n) is 9.99. The van der Waals surface area contributed by atoms with E-state index in [2.05, 4.69) is 19.1 Å². The predicted octanol–water partition coefficient (Wildman–Crippen LogP) is 6.03. The minimum absolute atomic E-state index is 0.476. The normalized spacial score (nSPS) is 32.0. The predicted molar refractivity (Wildman–Crippen MR) is 96.0 cm³/mol. The maximum absolute atomic E-state index is 8.59. The second-order valence-corrected chi connectivity index (χ2v) is 7.74. The van der Waals surface area contributed by atoms with Crippen LogP contribution in [0.4, 0.5) is 0 Å². The van der Waals surface area contributed by atoms with Gasteiger partial charge < -0.3 is 4.74 Å². The first-order valence-corrected chi connectivity index (χ1v) is 9.99. The van der Waals surface area contributed by atoms with E-state index in [-0.39, 0.29) is 0 Å². The van der Waals surface area contributed by atoms with Crippen LogP contribution in [0.25, 0.3) is 0 Å². The maximum Gasteiger partial charge on any atom is 0.0908 e. The SMILES string of the molecule is CCCCC[C@H]1CC[C@H](CO[C@H]2CC[C@H](/C=C/C#N)CC2)CC1. The van der Waals surface area contributed by atoms with Crippen molar-refractivity contribution < 1.29 is 4.74 Å². The first kappa shape index (κ1) is 18.5. The lowest BCUT2D eigenvalue weighted by Gasteiger charge is -2.31. The number of nitrogens with zero attached hydrogens (tertiary/aromatic N) is 1. The Morgan fingerprint density at radius 3 is 2.30 bits per heavy atom. The number of allylic oxidation sites excluding steroid dienone is 2. The van der Waals surface area contributed by atoms with Gasteiger partial charge in [0, 0.05) is 12.7 Å². The quantitative estimate of drug-likeness (QED) is 0.404. The fourth-order valence-corrected chi connectivity index (χ4v) is 4.27. The summed E-state index contributed by atoms with van der Waals surface area (Å²) in [6, 6.07) is 2.10. The number of rotatable bonds is 8. The lowest BCUT2D eigenvalue weighted by Crippen LogP contribution is -2.25. The highest BCUT2D eigenvalue weighted by molar-refractivity contribution is 5.04. The zero-order valence-electron chi connectivity index (χ0n) is 15.0. The molecule has 0 bridgehead atoms. The Bertz CT molecular complexity index is 368. The number of nitriles is 1. The van der Waals surface area contributed by atoms with E-state index >= 15 is 0 Å². The number of unbranched alkanes of at least 4 members (excludes halogenated alkanes) is 2. The van der Waals surface area contributed by atoms with E-state index in [1.165, 1.54) is 77.0 Å². The Morgan fingerprint density at radius 1 is 0.957 bits per heavy atom. The molecule has 2 aliphatic rings. The van der Waals surface area contributed by atoms with Gasteiger partial charge in [-0.15, -0.1) is 0 Å². The Balaban J connectivity index is 1.54. The third kappa shape index (κ3) is 7.08. The van der Waals surface area contributed by atoms with Gasteiger partial charge in [0.05, 0.1) is 12.2 Å². The molecule has 2 heteroatoms. The van der Waals surface area contributed by atoms with Crippen LogP contribution in [0.2, 0.25) is 0 Å². The van der Waals surface area contributed by atoms with E-state index in [0.29, 0.717) is 12.0 Å². The summed E-state index contributed by atoms with van der Waals surface area (Å²) in [6.45, 7) is 3.28. The fraction of sp³-hybridized carbons (Fsp3) is 0.857. The monoisotopic (exact) mass is 317 g/mol. The van der Waals surface area contributed by atoms with Crippen LogP contribution in [0.15, 0.2) is 12.2 Å². The van der Waals surface area contributed by atoms with Gasteiger partial charge in [-0.05, 0) is 56.3 Å². The van der Waals surface area contributed by atoms with Crippen LogP contribution in [0.1, 0.15) is 84.0 Å². The molecule has 2 saturated carbocycles. The van der Waals surface area contributed by atoms with Crippen molar-refractivity contribution in [1.82, 2.24) is 0 Å². The smallest absolute Gasteiger partial charge is 0.0908 e. The molecule has 2 rings (SSSR count). The molecule has 0 saturated heterocycles. The van der Waals surface area contributed by atoms with Gasteiger partial charge in [-0.2, -0.15) is 5.26 Å². The van der Waals surface area contributed by atoms with Crippen LogP contribution in [0.3, 0.4) is 0 Å².